The van der Waals surface area contributed by atoms with Gasteiger partial charge in [0, 0.05) is 35.0 Å². The number of hydrogen-bond donors (Lipinski definition) is 1. The summed E-state index contributed by atoms with van der Waals surface area (Å²) in [6.45, 7) is 0.703. The minimum absolute atomic E-state index is 0.235. The zero-order chi connectivity index (χ0) is 23.5. The molecule has 5 rings (SSSR count). The first-order chi connectivity index (χ1) is 16.7. The number of para-hydroxylation sites is 1. The fourth-order valence-electron chi connectivity index (χ4n) is 4.20. The largest absolute Gasteiger partial charge is 0.477 e. The van der Waals surface area contributed by atoms with Gasteiger partial charge in [-0.3, -0.25) is 4.57 Å². The maximum Gasteiger partial charge on any atom is 0.353 e. The number of aromatic carboxylic acids is 1. The summed E-state index contributed by atoms with van der Waals surface area (Å²) in [6, 6.07) is 27.6. The van der Waals surface area contributed by atoms with Gasteiger partial charge in [0.2, 0.25) is 0 Å². The van der Waals surface area contributed by atoms with Gasteiger partial charge >= 0.3 is 5.97 Å². The SMILES string of the molecule is COCn1c(-c2c(C(=O)O)n(Cc3ccccc3)c3ccccc23)cnc1Sc1ccccc1. The van der Waals surface area contributed by atoms with Crippen LogP contribution in [0, 0.1) is 0 Å². The lowest BCUT2D eigenvalue weighted by molar-refractivity contribution is 0.0687. The van der Waals surface area contributed by atoms with Crippen molar-refractivity contribution >= 4 is 28.6 Å². The van der Waals surface area contributed by atoms with E-state index < -0.39 is 5.97 Å². The molecule has 3 aromatic carbocycles. The minimum atomic E-state index is -0.982. The van der Waals surface area contributed by atoms with E-state index >= 15 is 0 Å². The van der Waals surface area contributed by atoms with E-state index in [9.17, 15) is 9.90 Å². The van der Waals surface area contributed by atoms with Gasteiger partial charge in [0.25, 0.3) is 0 Å². The van der Waals surface area contributed by atoms with E-state index in [1.807, 2.05) is 94.1 Å². The smallest absolute Gasteiger partial charge is 0.353 e. The summed E-state index contributed by atoms with van der Waals surface area (Å²) < 4.78 is 9.30. The molecule has 0 amide bonds. The number of benzene rings is 3. The number of methoxy groups -OCH3 is 1. The lowest BCUT2D eigenvalue weighted by Crippen LogP contribution is -2.12. The van der Waals surface area contributed by atoms with Crippen molar-refractivity contribution in [2.75, 3.05) is 7.11 Å². The number of imidazole rings is 1. The van der Waals surface area contributed by atoms with Crippen LogP contribution >= 0.6 is 11.8 Å². The number of carboxylic acid groups (broad SMARTS) is 1. The van der Waals surface area contributed by atoms with E-state index in [1.165, 1.54) is 11.8 Å². The summed E-state index contributed by atoms with van der Waals surface area (Å²) >= 11 is 1.52. The first kappa shape index (κ1) is 22.0. The number of rotatable bonds is 8. The molecule has 0 aliphatic rings. The van der Waals surface area contributed by atoms with Crippen LogP contribution in [0.15, 0.2) is 101 Å². The van der Waals surface area contributed by atoms with E-state index in [4.69, 9.17) is 4.74 Å². The number of carboxylic acids is 1. The fraction of sp³-hybridized carbons (Fsp3) is 0.111. The molecule has 7 heteroatoms. The Balaban J connectivity index is 1.71. The van der Waals surface area contributed by atoms with Crippen molar-refractivity contribution in [3.05, 3.63) is 102 Å². The van der Waals surface area contributed by atoms with Gasteiger partial charge in [0.1, 0.15) is 12.4 Å². The minimum Gasteiger partial charge on any atom is -0.477 e. The van der Waals surface area contributed by atoms with Crippen LogP contribution in [0.2, 0.25) is 0 Å². The molecule has 2 aromatic heterocycles. The normalized spacial score (nSPS) is 11.2. The van der Waals surface area contributed by atoms with Crippen molar-refractivity contribution in [3.63, 3.8) is 0 Å². The summed E-state index contributed by atoms with van der Waals surface area (Å²) in [7, 11) is 1.62. The number of carbonyl (C=O) groups is 1. The van der Waals surface area contributed by atoms with Crippen LogP contribution in [0.5, 0.6) is 0 Å². The Morgan fingerprint density at radius 1 is 0.941 bits per heavy atom. The van der Waals surface area contributed by atoms with Crippen LogP contribution in [-0.4, -0.2) is 32.3 Å². The summed E-state index contributed by atoms with van der Waals surface area (Å²) in [5, 5.41) is 12.0. The molecule has 0 aliphatic heterocycles. The summed E-state index contributed by atoms with van der Waals surface area (Å²) in [5.41, 5.74) is 3.48. The van der Waals surface area contributed by atoms with Crippen molar-refractivity contribution in [1.82, 2.24) is 14.1 Å². The zero-order valence-corrected chi connectivity index (χ0v) is 19.4. The second kappa shape index (κ2) is 9.59. The zero-order valence-electron chi connectivity index (χ0n) is 18.6. The van der Waals surface area contributed by atoms with Crippen molar-refractivity contribution in [1.29, 1.82) is 0 Å². The number of nitrogens with zero attached hydrogens (tertiary/aromatic N) is 3. The number of aromatic nitrogens is 3. The fourth-order valence-corrected chi connectivity index (χ4v) is 5.07. The Morgan fingerprint density at radius 2 is 1.62 bits per heavy atom. The molecule has 0 unspecified atom stereocenters. The van der Waals surface area contributed by atoms with Crippen LogP contribution in [-0.2, 0) is 18.0 Å². The van der Waals surface area contributed by atoms with Crippen molar-refractivity contribution in [3.8, 4) is 11.3 Å². The lowest BCUT2D eigenvalue weighted by atomic mass is 10.1. The van der Waals surface area contributed by atoms with E-state index in [-0.39, 0.29) is 12.4 Å². The van der Waals surface area contributed by atoms with E-state index in [0.717, 1.165) is 26.5 Å². The Kier molecular flexibility index (Phi) is 6.20. The second-order valence-electron chi connectivity index (χ2n) is 7.80. The highest BCUT2D eigenvalue weighted by Gasteiger charge is 2.27. The monoisotopic (exact) mass is 469 g/mol. The van der Waals surface area contributed by atoms with Crippen LogP contribution in [0.4, 0.5) is 0 Å². The maximum absolute atomic E-state index is 12.7. The van der Waals surface area contributed by atoms with Gasteiger partial charge in [-0.1, -0.05) is 78.5 Å². The molecule has 1 N–H and O–H groups in total. The maximum atomic E-state index is 12.7. The number of hydrogen-bond acceptors (Lipinski definition) is 4. The lowest BCUT2D eigenvalue weighted by Gasteiger charge is -2.12. The summed E-state index contributed by atoms with van der Waals surface area (Å²) in [5.74, 6) is -0.982. The van der Waals surface area contributed by atoms with Crippen LogP contribution in [0.1, 0.15) is 16.1 Å². The molecule has 170 valence electrons. The highest BCUT2D eigenvalue weighted by Crippen LogP contribution is 2.38. The molecular formula is C27H23N3O3S. The average molecular weight is 470 g/mol. The Labute approximate surface area is 201 Å². The second-order valence-corrected chi connectivity index (χ2v) is 8.85. The predicted octanol–water partition coefficient (Wildman–Crippen LogP) is 6.01. The first-order valence-corrected chi connectivity index (χ1v) is 11.6. The highest BCUT2D eigenvalue weighted by atomic mass is 32.2. The van der Waals surface area contributed by atoms with Crippen LogP contribution in [0.3, 0.4) is 0 Å². The Bertz CT molecular complexity index is 1440. The van der Waals surface area contributed by atoms with Crippen molar-refractivity contribution < 1.29 is 14.6 Å². The van der Waals surface area contributed by atoms with Gasteiger partial charge in [-0.05, 0) is 23.8 Å². The Hall–Kier alpha value is -3.81. The highest BCUT2D eigenvalue weighted by molar-refractivity contribution is 7.99. The number of fused-ring (bicyclic) bond motifs is 1. The van der Waals surface area contributed by atoms with Gasteiger partial charge < -0.3 is 14.4 Å². The molecule has 2 heterocycles. The average Bonchev–Trinajstić information content (AvgIpc) is 3.39. The van der Waals surface area contributed by atoms with Gasteiger partial charge in [-0.2, -0.15) is 0 Å². The molecule has 34 heavy (non-hydrogen) atoms. The molecule has 0 atom stereocenters. The van der Waals surface area contributed by atoms with Crippen LogP contribution in [0.25, 0.3) is 22.2 Å². The van der Waals surface area contributed by atoms with Gasteiger partial charge in [-0.15, -0.1) is 0 Å². The van der Waals surface area contributed by atoms with E-state index in [2.05, 4.69) is 4.98 Å². The first-order valence-electron chi connectivity index (χ1n) is 10.8. The topological polar surface area (TPSA) is 69.3 Å². The van der Waals surface area contributed by atoms with Crippen LogP contribution < -0.4 is 0 Å². The molecule has 0 aliphatic carbocycles. The molecule has 0 fully saturated rings. The Morgan fingerprint density at radius 3 is 2.32 bits per heavy atom. The molecular weight excluding hydrogens is 446 g/mol. The molecule has 6 nitrogen and oxygen atoms in total. The van der Waals surface area contributed by atoms with E-state index in [0.29, 0.717) is 17.8 Å². The van der Waals surface area contributed by atoms with Gasteiger partial charge in [-0.25, -0.2) is 9.78 Å². The van der Waals surface area contributed by atoms with Gasteiger partial charge in [0.05, 0.1) is 11.9 Å². The third-order valence-electron chi connectivity index (χ3n) is 5.64. The molecule has 0 radical (unpaired) electrons. The van der Waals surface area contributed by atoms with Gasteiger partial charge in [0.15, 0.2) is 5.16 Å². The molecule has 0 spiro atoms. The quantitative estimate of drug-likeness (QED) is 0.302. The summed E-state index contributed by atoms with van der Waals surface area (Å²) in [4.78, 5) is 18.3. The number of ether oxygens (including phenoxy) is 1. The van der Waals surface area contributed by atoms with E-state index in [1.54, 1.807) is 13.3 Å². The summed E-state index contributed by atoms with van der Waals surface area (Å²) in [6.07, 6.45) is 1.74. The molecule has 0 saturated carbocycles. The molecule has 0 bridgehead atoms. The predicted molar refractivity (Wildman–Crippen MR) is 133 cm³/mol. The third kappa shape index (κ3) is 4.11. The third-order valence-corrected chi connectivity index (χ3v) is 6.66. The van der Waals surface area contributed by atoms with Crippen molar-refractivity contribution in [2.45, 2.75) is 23.3 Å². The molecule has 5 aromatic rings. The van der Waals surface area contributed by atoms with Crippen molar-refractivity contribution in [2.24, 2.45) is 0 Å². The standard InChI is InChI=1S/C27H23N3O3S/c1-33-18-30-23(16-28-27(30)34-20-12-6-3-7-13-20)24-21-14-8-9-15-22(21)29(25(24)26(31)32)17-19-10-4-2-5-11-19/h2-16H,17-18H2,1H3,(H,31,32). The molecule has 0 saturated heterocycles.